The molecule has 2 aromatic carbocycles. The van der Waals surface area contributed by atoms with E-state index >= 15 is 0 Å². The van der Waals surface area contributed by atoms with Gasteiger partial charge in [-0.1, -0.05) is 30.3 Å². The average Bonchev–Trinajstić information content (AvgIpc) is 2.88. The van der Waals surface area contributed by atoms with Crippen molar-refractivity contribution in [2.45, 2.75) is 23.7 Å². The molecule has 0 amide bonds. The highest BCUT2D eigenvalue weighted by Crippen LogP contribution is 2.37. The maximum absolute atomic E-state index is 12.5. The van der Waals surface area contributed by atoms with Crippen molar-refractivity contribution in [1.29, 1.82) is 0 Å². The van der Waals surface area contributed by atoms with E-state index in [4.69, 9.17) is 0 Å². The molecule has 0 fully saturated rings. The Morgan fingerprint density at radius 3 is 2.48 bits per heavy atom. The van der Waals surface area contributed by atoms with Gasteiger partial charge in [0.05, 0.1) is 5.56 Å². The highest BCUT2D eigenvalue weighted by molar-refractivity contribution is 7.99. The molecule has 3 rings (SSSR count). The lowest BCUT2D eigenvalue weighted by Crippen LogP contribution is -2.20. The molecule has 0 aromatic heterocycles. The molecule has 5 heteroatoms. The third-order valence-electron chi connectivity index (χ3n) is 3.53. The van der Waals surface area contributed by atoms with Crippen LogP contribution in [-0.2, 0) is 12.7 Å². The molecule has 1 aliphatic heterocycles. The molecule has 1 heterocycles. The first-order valence-corrected chi connectivity index (χ1v) is 7.64. The van der Waals surface area contributed by atoms with Crippen LogP contribution in [0.5, 0.6) is 0 Å². The first-order chi connectivity index (χ1) is 10.0. The van der Waals surface area contributed by atoms with Gasteiger partial charge in [0.2, 0.25) is 0 Å². The smallest absolute Gasteiger partial charge is 0.305 e. The minimum atomic E-state index is -4.27. The second-order valence-corrected chi connectivity index (χ2v) is 6.04. The number of hydrogen-bond donors (Lipinski definition) is 1. The van der Waals surface area contributed by atoms with Gasteiger partial charge >= 0.3 is 6.18 Å². The minimum absolute atomic E-state index is 0.258. The molecule has 110 valence electrons. The minimum Gasteiger partial charge on any atom is -0.305 e. The van der Waals surface area contributed by atoms with Gasteiger partial charge < -0.3 is 5.32 Å². The number of rotatable bonds is 3. The first-order valence-electron chi connectivity index (χ1n) is 6.65. The molecule has 1 unspecified atom stereocenters. The molecule has 0 aliphatic carbocycles. The lowest BCUT2D eigenvalue weighted by molar-refractivity contribution is -0.137. The number of hydrogen-bond acceptors (Lipinski definition) is 2. The van der Waals surface area contributed by atoms with Crippen LogP contribution in [0.15, 0.2) is 53.4 Å². The van der Waals surface area contributed by atoms with Crippen molar-refractivity contribution in [2.75, 3.05) is 5.75 Å². The molecule has 21 heavy (non-hydrogen) atoms. The quantitative estimate of drug-likeness (QED) is 0.886. The predicted molar refractivity (Wildman–Crippen MR) is 78.2 cm³/mol. The Morgan fingerprint density at radius 2 is 1.76 bits per heavy atom. The summed E-state index contributed by atoms with van der Waals surface area (Å²) in [5, 5.41) is 3.41. The molecular formula is C16H14F3NS. The molecule has 0 spiro atoms. The Bertz CT molecular complexity index is 622. The van der Waals surface area contributed by atoms with Crippen LogP contribution < -0.4 is 5.32 Å². The number of thioether (sulfide) groups is 1. The van der Waals surface area contributed by atoms with Crippen LogP contribution in [0.25, 0.3) is 0 Å². The SMILES string of the molecule is FC(F)(F)c1ccc(CNC2CSc3ccccc32)cc1. The van der Waals surface area contributed by atoms with Crippen LogP contribution in [-0.4, -0.2) is 5.75 Å². The summed E-state index contributed by atoms with van der Waals surface area (Å²) in [6.45, 7) is 0.567. The van der Waals surface area contributed by atoms with Crippen LogP contribution in [0.3, 0.4) is 0 Å². The summed E-state index contributed by atoms with van der Waals surface area (Å²) >= 11 is 1.81. The molecule has 1 aliphatic rings. The topological polar surface area (TPSA) is 12.0 Å². The van der Waals surface area contributed by atoms with Gasteiger partial charge in [-0.15, -0.1) is 11.8 Å². The van der Waals surface area contributed by atoms with Crippen LogP contribution in [0.1, 0.15) is 22.7 Å². The number of halogens is 3. The van der Waals surface area contributed by atoms with E-state index in [0.29, 0.717) is 6.54 Å². The maximum Gasteiger partial charge on any atom is 0.416 e. The highest BCUT2D eigenvalue weighted by Gasteiger charge is 2.30. The van der Waals surface area contributed by atoms with Crippen LogP contribution in [0.2, 0.25) is 0 Å². The number of fused-ring (bicyclic) bond motifs is 1. The molecule has 0 saturated heterocycles. The predicted octanol–water partition coefficient (Wildman–Crippen LogP) is 4.64. The zero-order valence-electron chi connectivity index (χ0n) is 11.2. The normalized spacial score (nSPS) is 17.8. The van der Waals surface area contributed by atoms with Crippen molar-refractivity contribution in [3.63, 3.8) is 0 Å². The van der Waals surface area contributed by atoms with E-state index < -0.39 is 11.7 Å². The van der Waals surface area contributed by atoms with Crippen LogP contribution in [0, 0.1) is 0 Å². The Morgan fingerprint density at radius 1 is 1.05 bits per heavy atom. The summed E-state index contributed by atoms with van der Waals surface area (Å²) in [6.07, 6.45) is -4.27. The molecule has 1 N–H and O–H groups in total. The molecule has 0 radical (unpaired) electrons. The third-order valence-corrected chi connectivity index (χ3v) is 4.72. The summed E-state index contributed by atoms with van der Waals surface area (Å²) < 4.78 is 37.5. The van der Waals surface area contributed by atoms with Gasteiger partial charge in [-0.25, -0.2) is 0 Å². The fourth-order valence-corrected chi connectivity index (χ4v) is 3.58. The largest absolute Gasteiger partial charge is 0.416 e. The van der Waals surface area contributed by atoms with Crippen LogP contribution in [0.4, 0.5) is 13.2 Å². The van der Waals surface area contributed by atoms with E-state index in [1.807, 2.05) is 12.1 Å². The van der Waals surface area contributed by atoms with Gasteiger partial charge in [0, 0.05) is 23.2 Å². The second-order valence-electron chi connectivity index (χ2n) is 4.98. The lowest BCUT2D eigenvalue weighted by Gasteiger charge is -2.14. The molecule has 2 aromatic rings. The van der Waals surface area contributed by atoms with Gasteiger partial charge in [-0.05, 0) is 29.3 Å². The van der Waals surface area contributed by atoms with Crippen molar-refractivity contribution < 1.29 is 13.2 Å². The fourth-order valence-electron chi connectivity index (χ4n) is 2.38. The number of alkyl halides is 3. The maximum atomic E-state index is 12.5. The van der Waals surface area contributed by atoms with E-state index in [1.54, 1.807) is 11.8 Å². The van der Waals surface area contributed by atoms with E-state index in [9.17, 15) is 13.2 Å². The lowest BCUT2D eigenvalue weighted by atomic mass is 10.1. The fraction of sp³-hybridized carbons (Fsp3) is 0.250. The summed E-state index contributed by atoms with van der Waals surface area (Å²) in [5.41, 5.74) is 1.53. The van der Waals surface area contributed by atoms with E-state index in [0.717, 1.165) is 23.4 Å². The number of benzene rings is 2. The monoisotopic (exact) mass is 309 g/mol. The van der Waals surface area contributed by atoms with Crippen molar-refractivity contribution in [3.8, 4) is 0 Å². The second kappa shape index (κ2) is 5.73. The Kier molecular flexibility index (Phi) is 3.95. The van der Waals surface area contributed by atoms with Crippen molar-refractivity contribution in [1.82, 2.24) is 5.32 Å². The third kappa shape index (κ3) is 3.24. The van der Waals surface area contributed by atoms with E-state index in [-0.39, 0.29) is 6.04 Å². The number of nitrogens with one attached hydrogen (secondary N) is 1. The molecule has 1 atom stereocenters. The average molecular weight is 309 g/mol. The highest BCUT2D eigenvalue weighted by atomic mass is 32.2. The Hall–Kier alpha value is -1.46. The Labute approximate surface area is 125 Å². The van der Waals surface area contributed by atoms with E-state index in [1.165, 1.54) is 22.6 Å². The first kappa shape index (κ1) is 14.5. The molecular weight excluding hydrogens is 295 g/mol. The van der Waals surface area contributed by atoms with Gasteiger partial charge in [-0.3, -0.25) is 0 Å². The zero-order valence-corrected chi connectivity index (χ0v) is 12.0. The van der Waals surface area contributed by atoms with Crippen molar-refractivity contribution in [2.24, 2.45) is 0 Å². The summed E-state index contributed by atoms with van der Waals surface area (Å²) in [6, 6.07) is 13.8. The van der Waals surface area contributed by atoms with Crippen LogP contribution >= 0.6 is 11.8 Å². The van der Waals surface area contributed by atoms with Gasteiger partial charge in [0.1, 0.15) is 0 Å². The van der Waals surface area contributed by atoms with Gasteiger partial charge in [-0.2, -0.15) is 13.2 Å². The van der Waals surface area contributed by atoms with Crippen molar-refractivity contribution >= 4 is 11.8 Å². The zero-order chi connectivity index (χ0) is 14.9. The van der Waals surface area contributed by atoms with Gasteiger partial charge in [0.25, 0.3) is 0 Å². The Balaban J connectivity index is 1.64. The summed E-state index contributed by atoms with van der Waals surface area (Å²) in [7, 11) is 0. The van der Waals surface area contributed by atoms with Crippen molar-refractivity contribution in [3.05, 3.63) is 65.2 Å². The summed E-state index contributed by atoms with van der Waals surface area (Å²) in [4.78, 5) is 1.28. The standard InChI is InChI=1S/C16H14F3NS/c17-16(18,19)12-7-5-11(6-8-12)9-20-14-10-21-15-4-2-1-3-13(14)15/h1-8,14,20H,9-10H2. The molecule has 1 nitrogen and oxygen atoms in total. The summed E-state index contributed by atoms with van der Waals surface area (Å²) in [5.74, 6) is 0.958. The van der Waals surface area contributed by atoms with Gasteiger partial charge in [0.15, 0.2) is 0 Å². The van der Waals surface area contributed by atoms with E-state index in [2.05, 4.69) is 17.4 Å². The molecule has 0 saturated carbocycles. The molecule has 0 bridgehead atoms.